The highest BCUT2D eigenvalue weighted by molar-refractivity contribution is 5.97. The second-order valence-electron chi connectivity index (χ2n) is 7.90. The number of hydrogen-bond donors (Lipinski definition) is 1. The van der Waals surface area contributed by atoms with Gasteiger partial charge in [-0.3, -0.25) is 9.69 Å². The van der Waals surface area contributed by atoms with Crippen molar-refractivity contribution in [3.8, 4) is 0 Å². The van der Waals surface area contributed by atoms with Gasteiger partial charge in [0.2, 0.25) is 0 Å². The highest BCUT2D eigenvalue weighted by atomic mass is 16.3. The zero-order chi connectivity index (χ0) is 19.5. The third-order valence-electron chi connectivity index (χ3n) is 5.33. The average molecular weight is 377 g/mol. The Morgan fingerprint density at radius 2 is 1.93 bits per heavy atom. The Kier molecular flexibility index (Phi) is 5.44. The largest absolute Gasteiger partial charge is 0.440 e. The van der Waals surface area contributed by atoms with Gasteiger partial charge in [-0.25, -0.2) is 4.98 Å². The molecule has 1 saturated heterocycles. The molecule has 0 spiro atoms. The van der Waals surface area contributed by atoms with Crippen LogP contribution in [0.4, 0.5) is 0 Å². The van der Waals surface area contributed by atoms with Crippen LogP contribution in [0.2, 0.25) is 0 Å². The van der Waals surface area contributed by atoms with Crippen molar-refractivity contribution in [1.82, 2.24) is 15.2 Å². The molecule has 2 aromatic carbocycles. The maximum atomic E-state index is 12.7. The van der Waals surface area contributed by atoms with E-state index in [-0.39, 0.29) is 17.9 Å². The van der Waals surface area contributed by atoms with Gasteiger partial charge < -0.3 is 9.73 Å². The molecule has 0 unspecified atom stereocenters. The number of amides is 1. The Morgan fingerprint density at radius 3 is 2.64 bits per heavy atom. The molecule has 3 aromatic rings. The van der Waals surface area contributed by atoms with Gasteiger partial charge in [-0.2, -0.15) is 0 Å². The Hall–Kier alpha value is -2.66. The van der Waals surface area contributed by atoms with Crippen LogP contribution in [0.3, 0.4) is 0 Å². The molecule has 1 aliphatic rings. The zero-order valence-electron chi connectivity index (χ0n) is 16.5. The lowest BCUT2D eigenvalue weighted by atomic mass is 10.0. The average Bonchev–Trinajstić information content (AvgIpc) is 3.14. The fourth-order valence-electron chi connectivity index (χ4n) is 3.68. The van der Waals surface area contributed by atoms with Crippen LogP contribution in [0.15, 0.2) is 52.9 Å². The number of carbonyl (C=O) groups excluding carboxylic acids is 1. The molecule has 1 aromatic heterocycles. The molecule has 2 heterocycles. The van der Waals surface area contributed by atoms with E-state index < -0.39 is 0 Å². The van der Waals surface area contributed by atoms with Crippen LogP contribution < -0.4 is 5.32 Å². The predicted octanol–water partition coefficient (Wildman–Crippen LogP) is 4.35. The summed E-state index contributed by atoms with van der Waals surface area (Å²) in [5.41, 5.74) is 3.44. The predicted molar refractivity (Wildman–Crippen MR) is 110 cm³/mol. The number of carbonyl (C=O) groups is 1. The fourth-order valence-corrected chi connectivity index (χ4v) is 3.68. The van der Waals surface area contributed by atoms with Gasteiger partial charge in [0, 0.05) is 37.2 Å². The molecule has 5 heteroatoms. The zero-order valence-corrected chi connectivity index (χ0v) is 16.5. The van der Waals surface area contributed by atoms with Gasteiger partial charge in [-0.1, -0.05) is 44.2 Å². The molecule has 0 bridgehead atoms. The van der Waals surface area contributed by atoms with Gasteiger partial charge in [0.1, 0.15) is 5.52 Å². The first-order chi connectivity index (χ1) is 13.6. The summed E-state index contributed by atoms with van der Waals surface area (Å²) in [5.74, 6) is 0.898. The van der Waals surface area contributed by atoms with Crippen LogP contribution in [-0.4, -0.2) is 34.9 Å². The molecule has 0 radical (unpaired) electrons. The van der Waals surface area contributed by atoms with Crippen LogP contribution in [0.1, 0.15) is 54.4 Å². The van der Waals surface area contributed by atoms with E-state index in [2.05, 4.69) is 39.5 Å². The molecule has 0 atom stereocenters. The van der Waals surface area contributed by atoms with Gasteiger partial charge in [-0.15, -0.1) is 0 Å². The summed E-state index contributed by atoms with van der Waals surface area (Å²) in [6.45, 7) is 7.06. The van der Waals surface area contributed by atoms with Crippen LogP contribution in [0, 0.1) is 0 Å². The van der Waals surface area contributed by atoms with Gasteiger partial charge in [0.15, 0.2) is 11.5 Å². The minimum Gasteiger partial charge on any atom is -0.440 e. The first-order valence-corrected chi connectivity index (χ1v) is 10.1. The first-order valence-electron chi connectivity index (χ1n) is 10.1. The number of nitrogens with one attached hydrogen (secondary N) is 1. The van der Waals surface area contributed by atoms with Crippen molar-refractivity contribution >= 4 is 17.0 Å². The lowest BCUT2D eigenvalue weighted by molar-refractivity contribution is 0.0909. The summed E-state index contributed by atoms with van der Waals surface area (Å²) < 4.78 is 5.78. The van der Waals surface area contributed by atoms with Gasteiger partial charge in [0.05, 0.1) is 0 Å². The number of fused-ring (bicyclic) bond motifs is 1. The third-order valence-corrected chi connectivity index (χ3v) is 5.33. The SMILES string of the molecule is CC(C)c1nc2ccc(C(=O)NC3CCN(Cc4ccccc4)CC3)cc2o1. The van der Waals surface area contributed by atoms with Crippen molar-refractivity contribution in [3.63, 3.8) is 0 Å². The maximum absolute atomic E-state index is 12.7. The second-order valence-corrected chi connectivity index (χ2v) is 7.90. The minimum atomic E-state index is -0.0362. The summed E-state index contributed by atoms with van der Waals surface area (Å²) in [5, 5.41) is 3.19. The molecule has 1 aliphatic heterocycles. The summed E-state index contributed by atoms with van der Waals surface area (Å²) >= 11 is 0. The molecule has 28 heavy (non-hydrogen) atoms. The Labute approximate surface area is 165 Å². The number of benzene rings is 2. The van der Waals surface area contributed by atoms with E-state index in [1.165, 1.54) is 5.56 Å². The van der Waals surface area contributed by atoms with Crippen molar-refractivity contribution in [1.29, 1.82) is 0 Å². The van der Waals surface area contributed by atoms with E-state index >= 15 is 0 Å². The van der Waals surface area contributed by atoms with Crippen molar-refractivity contribution in [2.75, 3.05) is 13.1 Å². The summed E-state index contributed by atoms with van der Waals surface area (Å²) in [7, 11) is 0. The topological polar surface area (TPSA) is 58.4 Å². The summed E-state index contributed by atoms with van der Waals surface area (Å²) in [6, 6.07) is 16.2. The Bertz CT molecular complexity index is 941. The molecular formula is C23H27N3O2. The molecule has 1 fully saturated rings. The third kappa shape index (κ3) is 4.25. The number of oxazole rings is 1. The number of rotatable bonds is 5. The highest BCUT2D eigenvalue weighted by Gasteiger charge is 2.21. The number of likely N-dealkylation sites (tertiary alicyclic amines) is 1. The smallest absolute Gasteiger partial charge is 0.251 e. The number of aromatic nitrogens is 1. The second kappa shape index (κ2) is 8.15. The van der Waals surface area contributed by atoms with E-state index in [1.807, 2.05) is 32.0 Å². The lowest BCUT2D eigenvalue weighted by Crippen LogP contribution is -2.44. The Balaban J connectivity index is 1.33. The Morgan fingerprint density at radius 1 is 1.18 bits per heavy atom. The highest BCUT2D eigenvalue weighted by Crippen LogP contribution is 2.22. The molecule has 0 saturated carbocycles. The van der Waals surface area contributed by atoms with Crippen molar-refractivity contribution in [3.05, 3.63) is 65.5 Å². The van der Waals surface area contributed by atoms with Crippen molar-refractivity contribution in [2.45, 2.75) is 45.2 Å². The molecule has 1 N–H and O–H groups in total. The first kappa shape index (κ1) is 18.7. The van der Waals surface area contributed by atoms with E-state index in [0.717, 1.165) is 38.0 Å². The van der Waals surface area contributed by atoms with Gasteiger partial charge in [-0.05, 0) is 36.6 Å². The van der Waals surface area contributed by atoms with Crippen molar-refractivity contribution < 1.29 is 9.21 Å². The molecule has 4 rings (SSSR count). The fraction of sp³-hybridized carbons (Fsp3) is 0.391. The van der Waals surface area contributed by atoms with Gasteiger partial charge >= 0.3 is 0 Å². The minimum absolute atomic E-state index is 0.0362. The molecule has 5 nitrogen and oxygen atoms in total. The van der Waals surface area contributed by atoms with E-state index in [4.69, 9.17) is 4.42 Å². The number of hydrogen-bond acceptors (Lipinski definition) is 4. The van der Waals surface area contributed by atoms with Gasteiger partial charge in [0.25, 0.3) is 5.91 Å². The molecule has 1 amide bonds. The van der Waals surface area contributed by atoms with Crippen molar-refractivity contribution in [2.24, 2.45) is 0 Å². The summed E-state index contributed by atoms with van der Waals surface area (Å²) in [4.78, 5) is 19.6. The quantitative estimate of drug-likeness (QED) is 0.718. The number of nitrogens with zero attached hydrogens (tertiary/aromatic N) is 2. The standard InChI is InChI=1S/C23H27N3O2/c1-16(2)23-25-20-9-8-18(14-21(20)28-23)22(27)24-19-10-12-26(13-11-19)15-17-6-4-3-5-7-17/h3-9,14,16,19H,10-13,15H2,1-2H3,(H,24,27). The van der Waals surface area contributed by atoms with E-state index in [9.17, 15) is 4.79 Å². The van der Waals surface area contributed by atoms with E-state index in [0.29, 0.717) is 17.0 Å². The normalized spacial score (nSPS) is 16.0. The number of piperidine rings is 1. The van der Waals surface area contributed by atoms with Crippen LogP contribution in [0.25, 0.3) is 11.1 Å². The van der Waals surface area contributed by atoms with Crippen LogP contribution in [-0.2, 0) is 6.54 Å². The lowest BCUT2D eigenvalue weighted by Gasteiger charge is -2.32. The monoisotopic (exact) mass is 377 g/mol. The summed E-state index contributed by atoms with van der Waals surface area (Å²) in [6.07, 6.45) is 1.95. The van der Waals surface area contributed by atoms with Crippen LogP contribution >= 0.6 is 0 Å². The van der Waals surface area contributed by atoms with Crippen LogP contribution in [0.5, 0.6) is 0 Å². The molecular weight excluding hydrogens is 350 g/mol. The molecule has 146 valence electrons. The van der Waals surface area contributed by atoms with E-state index in [1.54, 1.807) is 6.07 Å². The maximum Gasteiger partial charge on any atom is 0.251 e. The molecule has 0 aliphatic carbocycles.